The van der Waals surface area contributed by atoms with E-state index < -0.39 is 18.2 Å². The molecule has 2 saturated heterocycles. The first kappa shape index (κ1) is 18.5. The number of aliphatic hydroxyl groups is 1. The van der Waals surface area contributed by atoms with E-state index in [2.05, 4.69) is 0 Å². The van der Waals surface area contributed by atoms with Crippen molar-refractivity contribution < 1.29 is 32.5 Å². The molecular weight excluding hydrogens is 315 g/mol. The van der Waals surface area contributed by atoms with Crippen LogP contribution in [0.1, 0.15) is 38.5 Å². The Bertz CT molecular complexity index is 399. The van der Waals surface area contributed by atoms with Crippen molar-refractivity contribution in [1.29, 1.82) is 0 Å². The molecule has 2 rings (SSSR count). The van der Waals surface area contributed by atoms with Gasteiger partial charge in [-0.05, 0) is 25.7 Å². The number of amides is 1. The molecule has 2 heterocycles. The molecule has 0 bridgehead atoms. The minimum atomic E-state index is -4.65. The minimum absolute atomic E-state index is 0.0773. The predicted molar refractivity (Wildman–Crippen MR) is 75.8 cm³/mol. The van der Waals surface area contributed by atoms with Gasteiger partial charge < -0.3 is 19.5 Å². The lowest BCUT2D eigenvalue weighted by molar-refractivity contribution is -0.263. The maximum Gasteiger partial charge on any atom is 0.417 e. The number of carbonyl (C=O) groups excluding carboxylic acids is 1. The van der Waals surface area contributed by atoms with Gasteiger partial charge in [0.1, 0.15) is 0 Å². The standard InChI is InChI=1S/C15H24F3NO4/c16-15(17,18)14(21)5-1-7-19(8-6-14)13(20)4-11-23-12-2-9-22-10-3-12/h12,21H,1-11H2. The van der Waals surface area contributed by atoms with Crippen molar-refractivity contribution in [2.45, 2.75) is 56.4 Å². The SMILES string of the molecule is O=C(CCOC1CCOCC1)N1CCCC(O)(C(F)(F)F)CC1. The summed E-state index contributed by atoms with van der Waals surface area (Å²) in [6.07, 6.45) is -3.49. The van der Waals surface area contributed by atoms with Crippen LogP contribution in [-0.4, -0.2) is 66.7 Å². The first-order chi connectivity index (χ1) is 10.8. The van der Waals surface area contributed by atoms with Gasteiger partial charge in [-0.1, -0.05) is 0 Å². The highest BCUT2D eigenvalue weighted by molar-refractivity contribution is 5.76. The molecule has 1 amide bonds. The van der Waals surface area contributed by atoms with Gasteiger partial charge in [-0.15, -0.1) is 0 Å². The fourth-order valence-electron chi connectivity index (χ4n) is 2.97. The quantitative estimate of drug-likeness (QED) is 0.850. The van der Waals surface area contributed by atoms with Crippen molar-refractivity contribution in [3.63, 3.8) is 0 Å². The molecule has 0 saturated carbocycles. The van der Waals surface area contributed by atoms with E-state index in [1.54, 1.807) is 0 Å². The third-order valence-electron chi connectivity index (χ3n) is 4.53. The smallest absolute Gasteiger partial charge is 0.381 e. The maximum atomic E-state index is 12.9. The molecule has 0 aliphatic carbocycles. The average Bonchev–Trinajstić information content (AvgIpc) is 2.71. The van der Waals surface area contributed by atoms with E-state index in [4.69, 9.17) is 9.47 Å². The van der Waals surface area contributed by atoms with Crippen molar-refractivity contribution in [1.82, 2.24) is 4.90 Å². The molecule has 0 aromatic carbocycles. The van der Waals surface area contributed by atoms with Crippen LogP contribution in [-0.2, 0) is 14.3 Å². The van der Waals surface area contributed by atoms with Crippen LogP contribution in [0.2, 0.25) is 0 Å². The monoisotopic (exact) mass is 339 g/mol. The number of hydrogen-bond donors (Lipinski definition) is 1. The summed E-state index contributed by atoms with van der Waals surface area (Å²) in [7, 11) is 0. The van der Waals surface area contributed by atoms with Gasteiger partial charge in [-0.25, -0.2) is 0 Å². The summed E-state index contributed by atoms with van der Waals surface area (Å²) in [6, 6.07) is 0. The summed E-state index contributed by atoms with van der Waals surface area (Å²) in [4.78, 5) is 13.5. The van der Waals surface area contributed by atoms with E-state index in [1.165, 1.54) is 4.90 Å². The zero-order valence-electron chi connectivity index (χ0n) is 13.1. The van der Waals surface area contributed by atoms with E-state index in [0.29, 0.717) is 13.2 Å². The first-order valence-electron chi connectivity index (χ1n) is 8.08. The average molecular weight is 339 g/mol. The second-order valence-electron chi connectivity index (χ2n) is 6.20. The summed E-state index contributed by atoms with van der Waals surface area (Å²) >= 11 is 0. The molecule has 134 valence electrons. The maximum absolute atomic E-state index is 12.9. The van der Waals surface area contributed by atoms with Gasteiger partial charge in [0.25, 0.3) is 0 Å². The van der Waals surface area contributed by atoms with Crippen molar-refractivity contribution in [2.75, 3.05) is 32.9 Å². The van der Waals surface area contributed by atoms with Crippen LogP contribution in [0.4, 0.5) is 13.2 Å². The number of likely N-dealkylation sites (tertiary alicyclic amines) is 1. The fourth-order valence-corrected chi connectivity index (χ4v) is 2.97. The summed E-state index contributed by atoms with van der Waals surface area (Å²) < 4.78 is 49.4. The van der Waals surface area contributed by atoms with E-state index in [0.717, 1.165) is 12.8 Å². The molecule has 0 aromatic rings. The lowest BCUT2D eigenvalue weighted by Crippen LogP contribution is -2.46. The van der Waals surface area contributed by atoms with Crippen molar-refractivity contribution in [3.8, 4) is 0 Å². The molecule has 0 aromatic heterocycles. The van der Waals surface area contributed by atoms with E-state index in [9.17, 15) is 23.1 Å². The second-order valence-corrected chi connectivity index (χ2v) is 6.20. The zero-order valence-corrected chi connectivity index (χ0v) is 13.1. The molecule has 2 aliphatic rings. The number of hydrogen-bond acceptors (Lipinski definition) is 4. The van der Waals surface area contributed by atoms with Crippen LogP contribution < -0.4 is 0 Å². The third kappa shape index (κ3) is 5.06. The van der Waals surface area contributed by atoms with Crippen LogP contribution in [0.5, 0.6) is 0 Å². The van der Waals surface area contributed by atoms with Gasteiger partial charge in [-0.3, -0.25) is 4.79 Å². The molecule has 1 N–H and O–H groups in total. The molecule has 5 nitrogen and oxygen atoms in total. The number of ether oxygens (including phenoxy) is 2. The van der Waals surface area contributed by atoms with E-state index in [1.807, 2.05) is 0 Å². The van der Waals surface area contributed by atoms with Crippen LogP contribution >= 0.6 is 0 Å². The Balaban J connectivity index is 1.74. The highest BCUT2D eigenvalue weighted by Gasteiger charge is 2.53. The van der Waals surface area contributed by atoms with E-state index >= 15 is 0 Å². The Morgan fingerprint density at radius 2 is 1.96 bits per heavy atom. The molecule has 1 atom stereocenters. The van der Waals surface area contributed by atoms with Gasteiger partial charge in [0.05, 0.1) is 19.1 Å². The van der Waals surface area contributed by atoms with Gasteiger partial charge in [0.2, 0.25) is 5.91 Å². The largest absolute Gasteiger partial charge is 0.417 e. The number of rotatable bonds is 4. The van der Waals surface area contributed by atoms with Crippen LogP contribution in [0, 0.1) is 0 Å². The number of carbonyl (C=O) groups is 1. The van der Waals surface area contributed by atoms with Gasteiger partial charge in [0.15, 0.2) is 5.60 Å². The Morgan fingerprint density at radius 3 is 2.61 bits per heavy atom. The summed E-state index contributed by atoms with van der Waals surface area (Å²) in [5, 5.41) is 9.73. The van der Waals surface area contributed by atoms with Crippen LogP contribution in [0.25, 0.3) is 0 Å². The van der Waals surface area contributed by atoms with Gasteiger partial charge in [0, 0.05) is 32.7 Å². The van der Waals surface area contributed by atoms with Crippen LogP contribution in [0.3, 0.4) is 0 Å². The molecular formula is C15H24F3NO4. The Labute approximate surface area is 133 Å². The highest BCUT2D eigenvalue weighted by atomic mass is 19.4. The molecule has 2 aliphatic heterocycles. The normalized spacial score (nSPS) is 27.7. The Hall–Kier alpha value is -0.860. The van der Waals surface area contributed by atoms with E-state index in [-0.39, 0.29) is 51.0 Å². The number of alkyl halides is 3. The number of nitrogens with zero attached hydrogens (tertiary/aromatic N) is 1. The second kappa shape index (κ2) is 7.81. The molecule has 8 heteroatoms. The Morgan fingerprint density at radius 1 is 1.26 bits per heavy atom. The highest BCUT2D eigenvalue weighted by Crippen LogP contribution is 2.38. The molecule has 2 fully saturated rings. The summed E-state index contributed by atoms with van der Waals surface area (Å²) in [5.41, 5.74) is -2.68. The van der Waals surface area contributed by atoms with Crippen LogP contribution in [0.15, 0.2) is 0 Å². The molecule has 0 spiro atoms. The molecule has 0 radical (unpaired) electrons. The van der Waals surface area contributed by atoms with Gasteiger partial charge in [-0.2, -0.15) is 13.2 Å². The summed E-state index contributed by atoms with van der Waals surface area (Å²) in [5.74, 6) is -0.219. The first-order valence-corrected chi connectivity index (χ1v) is 8.08. The fraction of sp³-hybridized carbons (Fsp3) is 0.933. The zero-order chi connectivity index (χ0) is 16.9. The van der Waals surface area contributed by atoms with Crippen molar-refractivity contribution in [2.24, 2.45) is 0 Å². The lowest BCUT2D eigenvalue weighted by atomic mass is 9.94. The summed E-state index contributed by atoms with van der Waals surface area (Å²) in [6.45, 7) is 1.74. The number of halogens is 3. The molecule has 1 unspecified atom stereocenters. The Kier molecular flexibility index (Phi) is 6.27. The third-order valence-corrected chi connectivity index (χ3v) is 4.53. The minimum Gasteiger partial charge on any atom is -0.381 e. The van der Waals surface area contributed by atoms with Gasteiger partial charge >= 0.3 is 6.18 Å². The topological polar surface area (TPSA) is 59.0 Å². The molecule has 23 heavy (non-hydrogen) atoms. The predicted octanol–water partition coefficient (Wildman–Crippen LogP) is 1.88. The lowest BCUT2D eigenvalue weighted by Gasteiger charge is -2.29. The van der Waals surface area contributed by atoms with Crippen molar-refractivity contribution in [3.05, 3.63) is 0 Å². The van der Waals surface area contributed by atoms with Crippen molar-refractivity contribution >= 4 is 5.91 Å².